The van der Waals surface area contributed by atoms with Crippen molar-refractivity contribution in [3.05, 3.63) is 35.1 Å². The Morgan fingerprint density at radius 1 is 1.43 bits per heavy atom. The van der Waals surface area contributed by atoms with Crippen molar-refractivity contribution in [3.63, 3.8) is 0 Å². The van der Waals surface area contributed by atoms with E-state index in [9.17, 15) is 4.79 Å². The molecule has 3 rings (SSSR count). The van der Waals surface area contributed by atoms with Gasteiger partial charge in [-0.05, 0) is 34.8 Å². The molecule has 122 valence electrons. The van der Waals surface area contributed by atoms with Gasteiger partial charge in [0.1, 0.15) is 6.54 Å². The van der Waals surface area contributed by atoms with Gasteiger partial charge in [-0.1, -0.05) is 18.2 Å². The van der Waals surface area contributed by atoms with E-state index in [4.69, 9.17) is 17.0 Å². The van der Waals surface area contributed by atoms with E-state index in [0.717, 1.165) is 18.0 Å². The lowest BCUT2D eigenvalue weighted by Gasteiger charge is -2.27. The van der Waals surface area contributed by atoms with E-state index < -0.39 is 0 Å². The molecule has 23 heavy (non-hydrogen) atoms. The Hall–Kier alpha value is -1.71. The van der Waals surface area contributed by atoms with Crippen LogP contribution in [0.1, 0.15) is 0 Å². The van der Waals surface area contributed by atoms with Crippen LogP contribution in [0.25, 0.3) is 5.69 Å². The highest BCUT2D eigenvalue weighted by Crippen LogP contribution is 2.12. The van der Waals surface area contributed by atoms with Gasteiger partial charge in [-0.25, -0.2) is 0 Å². The lowest BCUT2D eigenvalue weighted by atomic mass is 10.3. The van der Waals surface area contributed by atoms with Crippen LogP contribution in [0.15, 0.2) is 30.3 Å². The number of benzene rings is 1. The molecule has 1 fully saturated rings. The summed E-state index contributed by atoms with van der Waals surface area (Å²) in [4.78, 5) is 13.0. The van der Waals surface area contributed by atoms with Gasteiger partial charge in [0, 0.05) is 5.75 Å². The fourth-order valence-electron chi connectivity index (χ4n) is 2.51. The third kappa shape index (κ3) is 3.62. The Morgan fingerprint density at radius 3 is 2.96 bits per heavy atom. The first kappa shape index (κ1) is 16.2. The summed E-state index contributed by atoms with van der Waals surface area (Å²) in [6.45, 7) is 2.26. The maximum Gasteiger partial charge on any atom is 0.324 e. The average Bonchev–Trinajstić information content (AvgIpc) is 2.96. The number of esters is 1. The highest BCUT2D eigenvalue weighted by atomic mass is 32.2. The first-order valence-electron chi connectivity index (χ1n) is 7.30. The molecule has 0 spiro atoms. The highest BCUT2D eigenvalue weighted by Gasteiger charge is 2.30. The van der Waals surface area contributed by atoms with Crippen LogP contribution in [-0.2, 0) is 16.2 Å². The Labute approximate surface area is 143 Å². The van der Waals surface area contributed by atoms with Crippen LogP contribution < -0.4 is 4.90 Å². The largest absolute Gasteiger partial charge is 0.468 e. The van der Waals surface area contributed by atoms with Crippen LogP contribution in [0.2, 0.25) is 0 Å². The van der Waals surface area contributed by atoms with Crippen molar-refractivity contribution < 1.29 is 14.4 Å². The molecule has 1 unspecified atom stereocenters. The summed E-state index contributed by atoms with van der Waals surface area (Å²) in [6, 6.07) is 9.69. The summed E-state index contributed by atoms with van der Waals surface area (Å²) in [5.74, 6) is 0.749. The highest BCUT2D eigenvalue weighted by molar-refractivity contribution is 8.00. The smallest absolute Gasteiger partial charge is 0.324 e. The number of ether oxygens (including phenoxy) is 1. The number of carbonyl (C=O) groups excluding carboxylic acids is 1. The lowest BCUT2D eigenvalue weighted by Crippen LogP contribution is -3.14. The predicted molar refractivity (Wildman–Crippen MR) is 89.1 cm³/mol. The number of thioether (sulfide) groups is 1. The van der Waals surface area contributed by atoms with Crippen LogP contribution >= 0.6 is 24.0 Å². The Kier molecular flexibility index (Phi) is 5.09. The number of rotatable bonds is 4. The molecule has 0 aliphatic carbocycles. The Bertz CT molecular complexity index is 730. The van der Waals surface area contributed by atoms with Gasteiger partial charge in [0.2, 0.25) is 4.77 Å². The maximum absolute atomic E-state index is 11.7. The molecule has 9 heteroatoms. The van der Waals surface area contributed by atoms with E-state index >= 15 is 0 Å². The zero-order valence-corrected chi connectivity index (χ0v) is 14.3. The molecule has 1 N–H and O–H groups in total. The number of tetrazole rings is 1. The van der Waals surface area contributed by atoms with Crippen LogP contribution in [0.5, 0.6) is 0 Å². The summed E-state index contributed by atoms with van der Waals surface area (Å²) in [6.07, 6.45) is 0. The van der Waals surface area contributed by atoms with Gasteiger partial charge in [-0.15, -0.1) is 11.8 Å². The van der Waals surface area contributed by atoms with Crippen LogP contribution in [0.4, 0.5) is 0 Å². The number of carbonyl (C=O) groups is 1. The summed E-state index contributed by atoms with van der Waals surface area (Å²) in [7, 11) is 1.43. The molecule has 0 bridgehead atoms. The van der Waals surface area contributed by atoms with Gasteiger partial charge < -0.3 is 9.64 Å². The fraction of sp³-hybridized carbons (Fsp3) is 0.429. The minimum atomic E-state index is -0.163. The molecule has 0 amide bonds. The molecule has 1 saturated heterocycles. The Balaban J connectivity index is 1.73. The molecule has 2 heterocycles. The second kappa shape index (κ2) is 7.24. The van der Waals surface area contributed by atoms with Crippen molar-refractivity contribution in [2.75, 3.05) is 26.0 Å². The molecular formula is C14H18N5O2S2+. The van der Waals surface area contributed by atoms with Crippen LogP contribution in [-0.4, -0.2) is 57.0 Å². The van der Waals surface area contributed by atoms with E-state index in [1.165, 1.54) is 12.0 Å². The lowest BCUT2D eigenvalue weighted by molar-refractivity contribution is -0.921. The summed E-state index contributed by atoms with van der Waals surface area (Å²) in [5, 5.41) is 8.17. The predicted octanol–water partition coefficient (Wildman–Crippen LogP) is -0.0709. The van der Waals surface area contributed by atoms with Crippen molar-refractivity contribution in [2.45, 2.75) is 11.9 Å². The van der Waals surface area contributed by atoms with Crippen molar-refractivity contribution in [1.29, 1.82) is 0 Å². The van der Waals surface area contributed by atoms with E-state index in [1.807, 2.05) is 30.3 Å². The zero-order valence-electron chi connectivity index (χ0n) is 12.7. The number of nitrogens with one attached hydrogen (secondary N) is 1. The molecule has 1 aliphatic rings. The fourth-order valence-corrected chi connectivity index (χ4v) is 4.03. The van der Waals surface area contributed by atoms with E-state index in [1.54, 1.807) is 21.1 Å². The number of nitrogens with zero attached hydrogens (tertiary/aromatic N) is 4. The van der Waals surface area contributed by atoms with E-state index in [2.05, 4.69) is 10.4 Å². The van der Waals surface area contributed by atoms with E-state index in [0.29, 0.717) is 18.0 Å². The molecule has 1 aromatic carbocycles. The molecule has 1 aliphatic heterocycles. The van der Waals surface area contributed by atoms with Gasteiger partial charge >= 0.3 is 5.97 Å². The normalized spacial score (nSPS) is 21.1. The van der Waals surface area contributed by atoms with Gasteiger partial charge in [0.15, 0.2) is 11.9 Å². The van der Waals surface area contributed by atoms with Crippen molar-refractivity contribution in [2.24, 2.45) is 0 Å². The summed E-state index contributed by atoms with van der Waals surface area (Å²) in [5.41, 5.74) is 0.889. The van der Waals surface area contributed by atoms with Crippen LogP contribution in [0, 0.1) is 4.77 Å². The monoisotopic (exact) mass is 352 g/mol. The molecule has 0 saturated carbocycles. The third-order valence-corrected chi connectivity index (χ3v) is 5.31. The maximum atomic E-state index is 11.7. The average molecular weight is 352 g/mol. The molecule has 2 aromatic rings. The number of hydrogen-bond acceptors (Lipinski definition) is 6. The quantitative estimate of drug-likeness (QED) is 0.614. The molecule has 2 atom stereocenters. The number of hydrogen-bond donors (Lipinski definition) is 1. The number of quaternary nitrogens is 1. The number of aromatic nitrogens is 4. The summed E-state index contributed by atoms with van der Waals surface area (Å²) < 4.78 is 8.75. The Morgan fingerprint density at radius 2 is 2.22 bits per heavy atom. The number of para-hydroxylation sites is 1. The first-order chi connectivity index (χ1) is 11.2. The van der Waals surface area contributed by atoms with Gasteiger partial charge in [-0.2, -0.15) is 9.36 Å². The van der Waals surface area contributed by atoms with Crippen molar-refractivity contribution in [3.8, 4) is 5.69 Å². The SMILES string of the molecule is COC(=O)[C@H]1C[NH+](Cn2nnn(-c3ccccc3)c2=S)CCS1. The van der Waals surface area contributed by atoms with Gasteiger partial charge in [0.05, 0.1) is 19.3 Å². The van der Waals surface area contributed by atoms with Gasteiger partial charge in [0.25, 0.3) is 0 Å². The third-order valence-electron chi connectivity index (χ3n) is 3.73. The zero-order chi connectivity index (χ0) is 16.2. The minimum absolute atomic E-state index is 0.123. The van der Waals surface area contributed by atoms with E-state index in [-0.39, 0.29) is 11.2 Å². The minimum Gasteiger partial charge on any atom is -0.468 e. The second-order valence-electron chi connectivity index (χ2n) is 5.25. The molecule has 7 nitrogen and oxygen atoms in total. The number of methoxy groups -OCH3 is 1. The van der Waals surface area contributed by atoms with Crippen LogP contribution in [0.3, 0.4) is 0 Å². The molecule has 1 aromatic heterocycles. The molecule has 0 radical (unpaired) electrons. The topological polar surface area (TPSA) is 66.4 Å². The van der Waals surface area contributed by atoms with Crippen molar-refractivity contribution >= 4 is 29.9 Å². The molecular weight excluding hydrogens is 334 g/mol. The summed E-state index contributed by atoms with van der Waals surface area (Å²) >= 11 is 7.11. The first-order valence-corrected chi connectivity index (χ1v) is 8.76. The van der Waals surface area contributed by atoms with Crippen molar-refractivity contribution in [1.82, 2.24) is 19.8 Å². The standard InChI is InChI=1S/C14H17N5O2S2/c1-21-13(20)12-9-17(7-8-23-12)10-18-14(22)19(16-15-18)11-5-3-2-4-6-11/h2-6,12H,7-10H2,1H3/p+1/t12-/m1/s1. The second-order valence-corrected chi connectivity index (χ2v) is 6.93. The van der Waals surface area contributed by atoms with Gasteiger partial charge in [-0.3, -0.25) is 4.79 Å².